The lowest BCUT2D eigenvalue weighted by Crippen LogP contribution is -2.52. The minimum Gasteiger partial charge on any atom is -0.424 e. The van der Waals surface area contributed by atoms with Crippen LogP contribution >= 0.6 is 0 Å². The Morgan fingerprint density at radius 1 is 0.875 bits per heavy atom. The fourth-order valence-electron chi connectivity index (χ4n) is 3.91. The van der Waals surface area contributed by atoms with Gasteiger partial charge in [-0.2, -0.15) is 0 Å². The van der Waals surface area contributed by atoms with Crippen LogP contribution in [0.3, 0.4) is 0 Å². The first-order valence-electron chi connectivity index (χ1n) is 11.4. The first-order valence-corrected chi connectivity index (χ1v) is 11.4. The molecule has 1 fully saturated rings. The molecule has 0 radical (unpaired) electrons. The van der Waals surface area contributed by atoms with E-state index in [0.717, 1.165) is 44.0 Å². The highest BCUT2D eigenvalue weighted by Gasteiger charge is 2.27. The van der Waals surface area contributed by atoms with Crippen molar-refractivity contribution in [2.24, 2.45) is 5.92 Å². The zero-order valence-electron chi connectivity index (χ0n) is 18.9. The second-order valence-corrected chi connectivity index (χ2v) is 8.12. The first kappa shape index (κ1) is 21.9. The molecule has 32 heavy (non-hydrogen) atoms. The van der Waals surface area contributed by atoms with Crippen molar-refractivity contribution in [2.45, 2.75) is 20.3 Å². The maximum Gasteiger partial charge on any atom is 0.314 e. The number of hydrogen-bond donors (Lipinski definition) is 0. The number of carbonyl (C=O) groups is 1. The van der Waals surface area contributed by atoms with Gasteiger partial charge in [-0.3, -0.25) is 9.80 Å². The van der Waals surface area contributed by atoms with E-state index in [1.807, 2.05) is 56.3 Å². The van der Waals surface area contributed by atoms with Gasteiger partial charge in [0.05, 0.1) is 11.6 Å². The number of hydrazine groups is 1. The summed E-state index contributed by atoms with van der Waals surface area (Å²) in [5.41, 5.74) is 3.18. The van der Waals surface area contributed by atoms with E-state index < -0.39 is 0 Å². The van der Waals surface area contributed by atoms with E-state index >= 15 is 0 Å². The van der Waals surface area contributed by atoms with Gasteiger partial charge in [0.25, 0.3) is 0 Å². The Morgan fingerprint density at radius 3 is 2.12 bits per heavy atom. The molecule has 5 heteroatoms. The highest BCUT2D eigenvalue weighted by molar-refractivity contribution is 5.78. The summed E-state index contributed by atoms with van der Waals surface area (Å²) in [6, 6.07) is 28.6. The molecule has 1 aliphatic rings. The van der Waals surface area contributed by atoms with Crippen LogP contribution in [-0.4, -0.2) is 37.2 Å². The minimum absolute atomic E-state index is 0.136. The number of esters is 1. The lowest BCUT2D eigenvalue weighted by Gasteiger charge is -2.43. The Balaban J connectivity index is 1.61. The molecule has 0 amide bonds. The fraction of sp³-hybridized carbons (Fsp3) is 0.296. The molecule has 0 bridgehead atoms. The van der Waals surface area contributed by atoms with E-state index in [1.165, 1.54) is 5.69 Å². The van der Waals surface area contributed by atoms with E-state index in [9.17, 15) is 4.79 Å². The smallest absolute Gasteiger partial charge is 0.314 e. The Bertz CT molecular complexity index is 1000. The third-order valence-corrected chi connectivity index (χ3v) is 5.98. The van der Waals surface area contributed by atoms with Crippen LogP contribution in [0.5, 0.6) is 5.75 Å². The summed E-state index contributed by atoms with van der Waals surface area (Å²) in [5, 5.41) is 4.53. The van der Waals surface area contributed by atoms with E-state index in [2.05, 4.69) is 57.4 Å². The molecule has 3 aromatic rings. The van der Waals surface area contributed by atoms with E-state index in [4.69, 9.17) is 4.74 Å². The van der Waals surface area contributed by atoms with Gasteiger partial charge in [-0.1, -0.05) is 62.4 Å². The van der Waals surface area contributed by atoms with Crippen molar-refractivity contribution in [1.82, 2.24) is 5.01 Å². The highest BCUT2D eigenvalue weighted by Crippen LogP contribution is 2.36. The number of para-hydroxylation sites is 4. The van der Waals surface area contributed by atoms with Gasteiger partial charge in [-0.25, -0.2) is 5.01 Å². The Kier molecular flexibility index (Phi) is 7.07. The second-order valence-electron chi connectivity index (χ2n) is 8.12. The summed E-state index contributed by atoms with van der Waals surface area (Å²) < 4.78 is 5.86. The van der Waals surface area contributed by atoms with Crippen LogP contribution in [0.4, 0.5) is 17.1 Å². The number of hydrogen-bond acceptors (Lipinski definition) is 5. The standard InChI is InChI=1S/C27H31N3O2/c1-3-22(2)27(31)32-26-17-11-10-16-25(26)30(24-14-8-5-9-15-24)29-20-18-28(19-21-29)23-12-6-4-7-13-23/h4-17,22H,3,18-21H2,1-2H3. The summed E-state index contributed by atoms with van der Waals surface area (Å²) in [4.78, 5) is 15.0. The zero-order valence-corrected chi connectivity index (χ0v) is 18.9. The number of ether oxygens (including phenoxy) is 1. The number of piperazine rings is 1. The van der Waals surface area contributed by atoms with E-state index in [-0.39, 0.29) is 11.9 Å². The van der Waals surface area contributed by atoms with Crippen molar-refractivity contribution in [3.05, 3.63) is 84.9 Å². The summed E-state index contributed by atoms with van der Waals surface area (Å²) in [5.74, 6) is 0.261. The third-order valence-electron chi connectivity index (χ3n) is 5.98. The number of rotatable bonds is 7. The fourth-order valence-corrected chi connectivity index (χ4v) is 3.91. The predicted molar refractivity (Wildman–Crippen MR) is 130 cm³/mol. The Hall–Kier alpha value is -3.31. The normalized spacial score (nSPS) is 15.2. The second kappa shape index (κ2) is 10.3. The summed E-state index contributed by atoms with van der Waals surface area (Å²) in [7, 11) is 0. The van der Waals surface area contributed by atoms with E-state index in [1.54, 1.807) is 0 Å². The largest absolute Gasteiger partial charge is 0.424 e. The SMILES string of the molecule is CCC(C)C(=O)Oc1ccccc1N(c1ccccc1)N1CCN(c2ccccc2)CC1. The van der Waals surface area contributed by atoms with Gasteiger partial charge >= 0.3 is 5.97 Å². The number of anilines is 3. The third kappa shape index (κ3) is 4.94. The number of benzene rings is 3. The van der Waals surface area contributed by atoms with Crippen molar-refractivity contribution in [3.63, 3.8) is 0 Å². The molecule has 166 valence electrons. The zero-order chi connectivity index (χ0) is 22.3. The van der Waals surface area contributed by atoms with Gasteiger partial charge in [-0.05, 0) is 42.8 Å². The molecule has 5 nitrogen and oxygen atoms in total. The lowest BCUT2D eigenvalue weighted by atomic mass is 10.1. The van der Waals surface area contributed by atoms with Crippen LogP contribution in [0.2, 0.25) is 0 Å². The molecule has 1 saturated heterocycles. The van der Waals surface area contributed by atoms with Crippen molar-refractivity contribution >= 4 is 23.0 Å². The molecule has 0 spiro atoms. The van der Waals surface area contributed by atoms with Crippen molar-refractivity contribution in [3.8, 4) is 5.75 Å². The van der Waals surface area contributed by atoms with Crippen molar-refractivity contribution in [2.75, 3.05) is 36.1 Å². The van der Waals surface area contributed by atoms with Gasteiger partial charge in [0.1, 0.15) is 5.69 Å². The summed E-state index contributed by atoms with van der Waals surface area (Å²) in [6.45, 7) is 7.46. The van der Waals surface area contributed by atoms with Gasteiger partial charge < -0.3 is 9.64 Å². The topological polar surface area (TPSA) is 36.0 Å². The van der Waals surface area contributed by atoms with E-state index in [0.29, 0.717) is 5.75 Å². The highest BCUT2D eigenvalue weighted by atomic mass is 16.5. The van der Waals surface area contributed by atoms with Crippen molar-refractivity contribution in [1.29, 1.82) is 0 Å². The molecule has 0 aliphatic carbocycles. The maximum absolute atomic E-state index is 12.6. The monoisotopic (exact) mass is 429 g/mol. The molecule has 1 aliphatic heterocycles. The van der Waals surface area contributed by atoms with Crippen LogP contribution in [0.15, 0.2) is 84.9 Å². The first-order chi connectivity index (χ1) is 15.7. The van der Waals surface area contributed by atoms with Crippen LogP contribution in [0.25, 0.3) is 0 Å². The Morgan fingerprint density at radius 2 is 1.47 bits per heavy atom. The molecule has 0 saturated carbocycles. The van der Waals surface area contributed by atoms with Gasteiger partial charge in [-0.15, -0.1) is 0 Å². The summed E-state index contributed by atoms with van der Waals surface area (Å²) >= 11 is 0. The average Bonchev–Trinajstić information content (AvgIpc) is 2.86. The average molecular weight is 430 g/mol. The molecule has 1 atom stereocenters. The van der Waals surface area contributed by atoms with Crippen LogP contribution < -0.4 is 14.6 Å². The Labute approximate surface area is 190 Å². The molecule has 3 aromatic carbocycles. The van der Waals surface area contributed by atoms with Crippen molar-refractivity contribution < 1.29 is 9.53 Å². The molecular weight excluding hydrogens is 398 g/mol. The van der Waals surface area contributed by atoms with Crippen LogP contribution in [0, 0.1) is 5.92 Å². The van der Waals surface area contributed by atoms with Gasteiger partial charge in [0, 0.05) is 31.9 Å². The van der Waals surface area contributed by atoms with Crippen LogP contribution in [0.1, 0.15) is 20.3 Å². The van der Waals surface area contributed by atoms with Crippen LogP contribution in [-0.2, 0) is 4.79 Å². The minimum atomic E-state index is -0.193. The number of nitrogens with zero attached hydrogens (tertiary/aromatic N) is 3. The molecule has 0 N–H and O–H groups in total. The quantitative estimate of drug-likeness (QED) is 0.365. The lowest BCUT2D eigenvalue weighted by molar-refractivity contribution is -0.138. The van der Waals surface area contributed by atoms with Gasteiger partial charge in [0.15, 0.2) is 5.75 Å². The molecule has 4 rings (SSSR count). The number of carbonyl (C=O) groups excluding carboxylic acids is 1. The molecule has 1 unspecified atom stereocenters. The maximum atomic E-state index is 12.6. The molecule has 0 aromatic heterocycles. The van der Waals surface area contributed by atoms with Gasteiger partial charge in [0.2, 0.25) is 0 Å². The molecular formula is C27H31N3O2. The summed E-state index contributed by atoms with van der Waals surface area (Å²) in [6.07, 6.45) is 0.755. The predicted octanol–water partition coefficient (Wildman–Crippen LogP) is 5.51. The molecule has 1 heterocycles.